The molecular formula is C31H31N3O3. The third-order valence-electron chi connectivity index (χ3n) is 7.18. The summed E-state index contributed by atoms with van der Waals surface area (Å²) >= 11 is 0. The monoisotopic (exact) mass is 493 g/mol. The molecule has 0 radical (unpaired) electrons. The van der Waals surface area contributed by atoms with Crippen molar-refractivity contribution in [1.82, 2.24) is 15.1 Å². The predicted octanol–water partition coefficient (Wildman–Crippen LogP) is 6.61. The lowest BCUT2D eigenvalue weighted by atomic mass is 9.93. The standard InChI is InChI=1S/C31H31N3O3/c1-21-28(22-12-11-13-23(20-22)31(36)34(2)24-14-5-3-6-15-24)29(32-33-30(21)35)26-18-9-10-19-27(26)37-25-16-7-4-8-17-25/h4,7-13,16-20,24H,3,5-6,14-15H2,1-2H3,(H,33,35). The van der Waals surface area contributed by atoms with Crippen molar-refractivity contribution in [1.29, 1.82) is 0 Å². The van der Waals surface area contributed by atoms with Gasteiger partial charge in [-0.15, -0.1) is 0 Å². The first-order chi connectivity index (χ1) is 18.0. The van der Waals surface area contributed by atoms with E-state index < -0.39 is 0 Å². The van der Waals surface area contributed by atoms with Crippen LogP contribution in [0.3, 0.4) is 0 Å². The first kappa shape index (κ1) is 24.5. The van der Waals surface area contributed by atoms with E-state index in [0.717, 1.165) is 36.8 Å². The second-order valence-electron chi connectivity index (χ2n) is 9.60. The fourth-order valence-corrected chi connectivity index (χ4v) is 5.10. The van der Waals surface area contributed by atoms with Crippen LogP contribution in [0.1, 0.15) is 48.0 Å². The number of carbonyl (C=O) groups is 1. The van der Waals surface area contributed by atoms with Gasteiger partial charge in [0.05, 0.1) is 0 Å². The summed E-state index contributed by atoms with van der Waals surface area (Å²) in [5.74, 6) is 1.33. The molecule has 37 heavy (non-hydrogen) atoms. The van der Waals surface area contributed by atoms with E-state index in [9.17, 15) is 9.59 Å². The first-order valence-corrected chi connectivity index (χ1v) is 12.8. The minimum absolute atomic E-state index is 0.00133. The summed E-state index contributed by atoms with van der Waals surface area (Å²) in [6, 6.07) is 24.9. The van der Waals surface area contributed by atoms with Crippen molar-refractivity contribution in [3.63, 3.8) is 0 Å². The molecule has 4 aromatic rings. The Labute approximate surface area is 216 Å². The van der Waals surface area contributed by atoms with Crippen LogP contribution in [0.25, 0.3) is 22.4 Å². The molecule has 6 heteroatoms. The van der Waals surface area contributed by atoms with Crippen molar-refractivity contribution in [2.24, 2.45) is 0 Å². The van der Waals surface area contributed by atoms with E-state index in [4.69, 9.17) is 4.74 Å². The number of hydrogen-bond acceptors (Lipinski definition) is 4. The highest BCUT2D eigenvalue weighted by Gasteiger charge is 2.24. The predicted molar refractivity (Wildman–Crippen MR) is 146 cm³/mol. The lowest BCUT2D eigenvalue weighted by Crippen LogP contribution is -2.38. The zero-order valence-electron chi connectivity index (χ0n) is 21.2. The highest BCUT2D eigenvalue weighted by Crippen LogP contribution is 2.38. The summed E-state index contributed by atoms with van der Waals surface area (Å²) in [5.41, 5.74) is 3.66. The third-order valence-corrected chi connectivity index (χ3v) is 7.18. The molecule has 0 saturated heterocycles. The fourth-order valence-electron chi connectivity index (χ4n) is 5.10. The Bertz CT molecular complexity index is 1460. The molecule has 1 N–H and O–H groups in total. The zero-order chi connectivity index (χ0) is 25.8. The van der Waals surface area contributed by atoms with Crippen LogP contribution in [0.2, 0.25) is 0 Å². The molecule has 0 unspecified atom stereocenters. The minimum Gasteiger partial charge on any atom is -0.457 e. The summed E-state index contributed by atoms with van der Waals surface area (Å²) < 4.78 is 6.19. The number of carbonyl (C=O) groups excluding carboxylic acids is 1. The number of H-pyrrole nitrogens is 1. The molecule has 3 aromatic carbocycles. The minimum atomic E-state index is -0.267. The molecule has 0 bridgehead atoms. The number of hydrogen-bond donors (Lipinski definition) is 1. The Kier molecular flexibility index (Phi) is 7.17. The third kappa shape index (κ3) is 5.19. The Morgan fingerprint density at radius 2 is 1.68 bits per heavy atom. The molecule has 1 fully saturated rings. The largest absolute Gasteiger partial charge is 0.457 e. The highest BCUT2D eigenvalue weighted by molar-refractivity contribution is 5.96. The number of rotatable bonds is 6. The smallest absolute Gasteiger partial charge is 0.267 e. The van der Waals surface area contributed by atoms with Gasteiger partial charge in [0, 0.05) is 35.3 Å². The molecular weight excluding hydrogens is 462 g/mol. The quantitative estimate of drug-likeness (QED) is 0.328. The maximum Gasteiger partial charge on any atom is 0.267 e. The number of amides is 1. The van der Waals surface area contributed by atoms with Crippen LogP contribution >= 0.6 is 0 Å². The Morgan fingerprint density at radius 3 is 2.46 bits per heavy atom. The van der Waals surface area contributed by atoms with Gasteiger partial charge in [0.2, 0.25) is 0 Å². The summed E-state index contributed by atoms with van der Waals surface area (Å²) in [5, 5.41) is 7.09. The lowest BCUT2D eigenvalue weighted by molar-refractivity contribution is 0.0696. The molecule has 0 spiro atoms. The molecule has 6 nitrogen and oxygen atoms in total. The molecule has 188 valence electrons. The molecule has 1 aromatic heterocycles. The topological polar surface area (TPSA) is 75.3 Å². The molecule has 1 aliphatic carbocycles. The Morgan fingerprint density at radius 1 is 0.946 bits per heavy atom. The van der Waals surface area contributed by atoms with E-state index in [2.05, 4.69) is 10.2 Å². The van der Waals surface area contributed by atoms with E-state index in [-0.39, 0.29) is 17.5 Å². The molecule has 1 amide bonds. The molecule has 0 atom stereocenters. The van der Waals surface area contributed by atoms with Gasteiger partial charge in [0.15, 0.2) is 0 Å². The van der Waals surface area contributed by atoms with Crippen molar-refractivity contribution in [3.8, 4) is 33.9 Å². The number of nitrogens with zero attached hydrogens (tertiary/aromatic N) is 2. The number of nitrogens with one attached hydrogen (secondary N) is 1. The van der Waals surface area contributed by atoms with Crippen LogP contribution in [-0.4, -0.2) is 34.1 Å². The number of para-hydroxylation sites is 2. The maximum absolute atomic E-state index is 13.4. The van der Waals surface area contributed by atoms with E-state index >= 15 is 0 Å². The lowest BCUT2D eigenvalue weighted by Gasteiger charge is -2.31. The van der Waals surface area contributed by atoms with E-state index in [1.54, 1.807) is 6.92 Å². The summed E-state index contributed by atoms with van der Waals surface area (Å²) in [4.78, 5) is 28.0. The number of aromatic nitrogens is 2. The SMILES string of the molecule is Cc1c(-c2cccc(C(=O)N(C)C3CCCCC3)c2)c(-c2ccccc2Oc2ccccc2)n[nH]c1=O. The Balaban J connectivity index is 1.56. The molecule has 0 aliphatic heterocycles. The van der Waals surface area contributed by atoms with Crippen molar-refractivity contribution in [3.05, 3.63) is 100 Å². The van der Waals surface area contributed by atoms with Crippen molar-refractivity contribution >= 4 is 5.91 Å². The van der Waals surface area contributed by atoms with Crippen molar-refractivity contribution in [2.75, 3.05) is 7.05 Å². The van der Waals surface area contributed by atoms with Crippen LogP contribution < -0.4 is 10.3 Å². The van der Waals surface area contributed by atoms with E-state index in [0.29, 0.717) is 33.9 Å². The number of aromatic amines is 1. The maximum atomic E-state index is 13.4. The second kappa shape index (κ2) is 10.8. The number of ether oxygens (including phenoxy) is 1. The van der Waals surface area contributed by atoms with Crippen molar-refractivity contribution in [2.45, 2.75) is 45.1 Å². The van der Waals surface area contributed by atoms with Gasteiger partial charge in [0.25, 0.3) is 11.5 Å². The van der Waals surface area contributed by atoms with Crippen LogP contribution in [0.4, 0.5) is 0 Å². The summed E-state index contributed by atoms with van der Waals surface area (Å²) in [7, 11) is 1.90. The van der Waals surface area contributed by atoms with Gasteiger partial charge >= 0.3 is 0 Å². The molecule has 1 saturated carbocycles. The summed E-state index contributed by atoms with van der Waals surface area (Å²) in [6.45, 7) is 1.78. The van der Waals surface area contributed by atoms with Gasteiger partial charge in [-0.25, -0.2) is 5.10 Å². The van der Waals surface area contributed by atoms with Gasteiger partial charge in [-0.2, -0.15) is 5.10 Å². The average molecular weight is 494 g/mol. The van der Waals surface area contributed by atoms with Crippen LogP contribution in [0, 0.1) is 6.92 Å². The average Bonchev–Trinajstić information content (AvgIpc) is 2.95. The van der Waals surface area contributed by atoms with Crippen molar-refractivity contribution < 1.29 is 9.53 Å². The van der Waals surface area contributed by atoms with Crippen LogP contribution in [-0.2, 0) is 0 Å². The van der Waals surface area contributed by atoms with Gasteiger partial charge < -0.3 is 9.64 Å². The van der Waals surface area contributed by atoms with Crippen LogP contribution in [0.15, 0.2) is 83.7 Å². The van der Waals surface area contributed by atoms with Gasteiger partial charge in [-0.1, -0.05) is 61.7 Å². The molecule has 5 rings (SSSR count). The Hall–Kier alpha value is -4.19. The normalized spacial score (nSPS) is 13.8. The number of benzene rings is 3. The highest BCUT2D eigenvalue weighted by atomic mass is 16.5. The van der Waals surface area contributed by atoms with Gasteiger partial charge in [-0.05, 0) is 61.7 Å². The molecule has 1 heterocycles. The van der Waals surface area contributed by atoms with Gasteiger partial charge in [-0.3, -0.25) is 9.59 Å². The van der Waals surface area contributed by atoms with E-state index in [1.807, 2.05) is 90.8 Å². The fraction of sp³-hybridized carbons (Fsp3) is 0.258. The molecule has 1 aliphatic rings. The second-order valence-corrected chi connectivity index (χ2v) is 9.60. The zero-order valence-corrected chi connectivity index (χ0v) is 21.2. The van der Waals surface area contributed by atoms with Gasteiger partial charge in [0.1, 0.15) is 17.2 Å². The summed E-state index contributed by atoms with van der Waals surface area (Å²) in [6.07, 6.45) is 5.64. The first-order valence-electron chi connectivity index (χ1n) is 12.8. The van der Waals surface area contributed by atoms with Crippen LogP contribution in [0.5, 0.6) is 11.5 Å². The van der Waals surface area contributed by atoms with E-state index in [1.165, 1.54) is 6.42 Å².